The van der Waals surface area contributed by atoms with E-state index in [1.54, 1.807) is 30.6 Å². The Morgan fingerprint density at radius 2 is 1.82 bits per heavy atom. The third-order valence-electron chi connectivity index (χ3n) is 5.05. The molecule has 2 aromatic rings. The van der Waals surface area contributed by atoms with Gasteiger partial charge in [0.1, 0.15) is 5.76 Å². The fourth-order valence-corrected chi connectivity index (χ4v) is 3.45. The van der Waals surface area contributed by atoms with Crippen molar-refractivity contribution in [3.05, 3.63) is 65.8 Å². The molecule has 1 N–H and O–H groups in total. The second-order valence-electron chi connectivity index (χ2n) is 6.54. The summed E-state index contributed by atoms with van der Waals surface area (Å²) in [5.74, 6) is -1.47. The molecule has 1 amide bonds. The Morgan fingerprint density at radius 3 is 2.43 bits per heavy atom. The van der Waals surface area contributed by atoms with Crippen molar-refractivity contribution in [2.45, 2.75) is 19.9 Å². The van der Waals surface area contributed by atoms with Crippen LogP contribution in [0.15, 0.2) is 54.6 Å². The topological polar surface area (TPSA) is 86.6 Å². The molecule has 1 unspecified atom stereocenters. The van der Waals surface area contributed by atoms with E-state index in [4.69, 9.17) is 0 Å². The standard InChI is InChI=1S/C21H24N4O3/c1-3-24(4-2)12-13-25-18(16-6-5-9-23-14-16)17(20(27)21(25)28)19(26)15-7-10-22-11-8-15/h5-11,14,18,26H,3-4,12-13H2,1-2H3/b19-17+. The lowest BCUT2D eigenvalue weighted by Gasteiger charge is -2.28. The zero-order chi connectivity index (χ0) is 20.1. The van der Waals surface area contributed by atoms with Gasteiger partial charge in [-0.15, -0.1) is 0 Å². The van der Waals surface area contributed by atoms with Crippen molar-refractivity contribution in [1.29, 1.82) is 0 Å². The molecule has 146 valence electrons. The number of hydrogen-bond acceptors (Lipinski definition) is 6. The first-order chi connectivity index (χ1) is 13.6. The van der Waals surface area contributed by atoms with E-state index in [2.05, 4.69) is 28.7 Å². The quantitative estimate of drug-likeness (QED) is 0.450. The molecule has 28 heavy (non-hydrogen) atoms. The van der Waals surface area contributed by atoms with E-state index in [0.717, 1.165) is 13.1 Å². The van der Waals surface area contributed by atoms with Crippen molar-refractivity contribution in [1.82, 2.24) is 19.8 Å². The molecule has 1 atom stereocenters. The van der Waals surface area contributed by atoms with Crippen molar-refractivity contribution < 1.29 is 14.7 Å². The normalized spacial score (nSPS) is 18.8. The molecule has 3 heterocycles. The van der Waals surface area contributed by atoms with Crippen LogP contribution in [0.1, 0.15) is 31.0 Å². The van der Waals surface area contributed by atoms with Crippen molar-refractivity contribution in [3.8, 4) is 0 Å². The summed E-state index contributed by atoms with van der Waals surface area (Å²) in [5, 5.41) is 10.8. The summed E-state index contributed by atoms with van der Waals surface area (Å²) in [6.07, 6.45) is 6.32. The highest BCUT2D eigenvalue weighted by atomic mass is 16.3. The number of aliphatic hydroxyl groups is 1. The van der Waals surface area contributed by atoms with Gasteiger partial charge in [-0.25, -0.2) is 0 Å². The number of pyridine rings is 2. The van der Waals surface area contributed by atoms with Gasteiger partial charge in [0, 0.05) is 43.4 Å². The highest BCUT2D eigenvalue weighted by Crippen LogP contribution is 2.38. The Bertz CT molecular complexity index is 864. The third-order valence-corrected chi connectivity index (χ3v) is 5.05. The molecule has 0 aliphatic carbocycles. The number of likely N-dealkylation sites (tertiary alicyclic amines) is 1. The Hall–Kier alpha value is -3.06. The van der Waals surface area contributed by atoms with Crippen LogP contribution >= 0.6 is 0 Å². The van der Waals surface area contributed by atoms with Gasteiger partial charge in [-0.1, -0.05) is 19.9 Å². The number of carbonyl (C=O) groups is 2. The predicted molar refractivity (Wildman–Crippen MR) is 105 cm³/mol. The minimum absolute atomic E-state index is 0.0868. The zero-order valence-electron chi connectivity index (χ0n) is 16.1. The van der Waals surface area contributed by atoms with Gasteiger partial charge in [-0.05, 0) is 36.9 Å². The van der Waals surface area contributed by atoms with Crippen LogP contribution in [0.3, 0.4) is 0 Å². The van der Waals surface area contributed by atoms with Crippen LogP contribution in [0.2, 0.25) is 0 Å². The molecule has 0 bridgehead atoms. The molecule has 7 heteroatoms. The summed E-state index contributed by atoms with van der Waals surface area (Å²) in [6, 6.07) is 6.12. The second-order valence-corrected chi connectivity index (χ2v) is 6.54. The van der Waals surface area contributed by atoms with E-state index in [1.165, 1.54) is 17.3 Å². The summed E-state index contributed by atoms with van der Waals surface area (Å²) in [7, 11) is 0. The van der Waals surface area contributed by atoms with E-state index >= 15 is 0 Å². The number of amides is 1. The molecular formula is C21H24N4O3. The fraction of sp³-hybridized carbons (Fsp3) is 0.333. The van der Waals surface area contributed by atoms with E-state index in [0.29, 0.717) is 24.2 Å². The van der Waals surface area contributed by atoms with Gasteiger partial charge in [-0.3, -0.25) is 19.6 Å². The number of aliphatic hydroxyl groups excluding tert-OH is 1. The highest BCUT2D eigenvalue weighted by Gasteiger charge is 2.46. The smallest absolute Gasteiger partial charge is 0.295 e. The molecule has 7 nitrogen and oxygen atoms in total. The molecule has 1 fully saturated rings. The van der Waals surface area contributed by atoms with Crippen LogP contribution in [0.5, 0.6) is 0 Å². The van der Waals surface area contributed by atoms with E-state index in [-0.39, 0.29) is 11.3 Å². The fourth-order valence-electron chi connectivity index (χ4n) is 3.45. The lowest BCUT2D eigenvalue weighted by Crippen LogP contribution is -2.38. The second kappa shape index (κ2) is 8.75. The minimum atomic E-state index is -0.678. The monoisotopic (exact) mass is 380 g/mol. The summed E-state index contributed by atoms with van der Waals surface area (Å²) in [4.78, 5) is 37.4. The van der Waals surface area contributed by atoms with Crippen LogP contribution < -0.4 is 0 Å². The lowest BCUT2D eigenvalue weighted by atomic mass is 9.96. The van der Waals surface area contributed by atoms with Crippen LogP contribution in [0, 0.1) is 0 Å². The number of aromatic nitrogens is 2. The molecule has 3 rings (SSSR count). The number of carbonyl (C=O) groups excluding carboxylic acids is 2. The first kappa shape index (κ1) is 19.7. The maximum atomic E-state index is 12.8. The van der Waals surface area contributed by atoms with E-state index in [9.17, 15) is 14.7 Å². The average Bonchev–Trinajstić information content (AvgIpc) is 3.00. The van der Waals surface area contributed by atoms with Crippen molar-refractivity contribution >= 4 is 17.4 Å². The number of rotatable bonds is 7. The predicted octanol–water partition coefficient (Wildman–Crippen LogP) is 2.24. The van der Waals surface area contributed by atoms with E-state index in [1.807, 2.05) is 6.07 Å². The molecule has 2 aromatic heterocycles. The van der Waals surface area contributed by atoms with Crippen LogP contribution in [0.25, 0.3) is 5.76 Å². The maximum absolute atomic E-state index is 12.8. The van der Waals surface area contributed by atoms with Crippen molar-refractivity contribution in [2.75, 3.05) is 26.2 Å². The van der Waals surface area contributed by atoms with Gasteiger partial charge in [0.15, 0.2) is 0 Å². The van der Waals surface area contributed by atoms with Gasteiger partial charge < -0.3 is 14.9 Å². The number of nitrogens with zero attached hydrogens (tertiary/aromatic N) is 4. The minimum Gasteiger partial charge on any atom is -0.507 e. The number of Topliss-reactive ketones (excluding diaryl/α,β-unsaturated/α-hetero) is 1. The van der Waals surface area contributed by atoms with Gasteiger partial charge >= 0.3 is 0 Å². The van der Waals surface area contributed by atoms with Crippen molar-refractivity contribution in [2.24, 2.45) is 0 Å². The lowest BCUT2D eigenvalue weighted by molar-refractivity contribution is -0.140. The third kappa shape index (κ3) is 3.80. The zero-order valence-corrected chi connectivity index (χ0v) is 16.1. The summed E-state index contributed by atoms with van der Waals surface area (Å²) in [5.41, 5.74) is 1.23. The Kier molecular flexibility index (Phi) is 6.16. The Labute approximate surface area is 164 Å². The molecular weight excluding hydrogens is 356 g/mol. The van der Waals surface area contributed by atoms with E-state index < -0.39 is 17.7 Å². The maximum Gasteiger partial charge on any atom is 0.295 e. The van der Waals surface area contributed by atoms with Crippen LogP contribution in [0.4, 0.5) is 0 Å². The molecule has 0 radical (unpaired) electrons. The summed E-state index contributed by atoms with van der Waals surface area (Å²) in [6.45, 7) is 6.86. The van der Waals surface area contributed by atoms with Crippen LogP contribution in [-0.2, 0) is 9.59 Å². The van der Waals surface area contributed by atoms with Gasteiger partial charge in [0.05, 0.1) is 11.6 Å². The Balaban J connectivity index is 2.06. The van der Waals surface area contributed by atoms with Gasteiger partial charge in [-0.2, -0.15) is 0 Å². The summed E-state index contributed by atoms with van der Waals surface area (Å²) < 4.78 is 0. The number of hydrogen-bond donors (Lipinski definition) is 1. The number of ketones is 1. The molecule has 1 aliphatic rings. The van der Waals surface area contributed by atoms with Crippen molar-refractivity contribution in [3.63, 3.8) is 0 Å². The SMILES string of the molecule is CCN(CC)CCN1C(=O)C(=O)/C(=C(/O)c2ccncc2)C1c1cccnc1. The molecule has 1 aliphatic heterocycles. The highest BCUT2D eigenvalue weighted by molar-refractivity contribution is 6.46. The molecule has 1 saturated heterocycles. The van der Waals surface area contributed by atoms with Gasteiger partial charge in [0.2, 0.25) is 0 Å². The molecule has 0 saturated carbocycles. The largest absolute Gasteiger partial charge is 0.507 e. The first-order valence-corrected chi connectivity index (χ1v) is 9.39. The van der Waals surface area contributed by atoms with Crippen LogP contribution in [-0.4, -0.2) is 62.7 Å². The molecule has 0 aromatic carbocycles. The molecule has 0 spiro atoms. The average molecular weight is 380 g/mol. The van der Waals surface area contributed by atoms with Gasteiger partial charge in [0.25, 0.3) is 11.7 Å². The summed E-state index contributed by atoms with van der Waals surface area (Å²) >= 11 is 0. The number of likely N-dealkylation sites (N-methyl/N-ethyl adjacent to an activating group) is 1. The Morgan fingerprint density at radius 1 is 1.11 bits per heavy atom. The first-order valence-electron chi connectivity index (χ1n) is 9.39.